The summed E-state index contributed by atoms with van der Waals surface area (Å²) in [4.78, 5) is 12.0. The van der Waals surface area contributed by atoms with Crippen LogP contribution in [0.15, 0.2) is 53.6 Å². The average molecular weight is 397 g/mol. The number of nitrogens with one attached hydrogen (secondary N) is 1. The fraction of sp³-hybridized carbons (Fsp3) is 0.190. The largest absolute Gasteiger partial charge is 0.483 e. The molecule has 0 aliphatic carbocycles. The Bertz CT molecular complexity index is 992. The quantitative estimate of drug-likeness (QED) is 0.506. The molecule has 0 saturated carbocycles. The van der Waals surface area contributed by atoms with Crippen molar-refractivity contribution in [2.75, 3.05) is 6.61 Å². The molecule has 2 aromatic carbocycles. The molecule has 144 valence electrons. The van der Waals surface area contributed by atoms with E-state index in [4.69, 9.17) is 16.3 Å². The number of carbonyl (C=O) groups excluding carboxylic acids is 1. The van der Waals surface area contributed by atoms with Crippen LogP contribution in [0.5, 0.6) is 5.75 Å². The lowest BCUT2D eigenvalue weighted by molar-refractivity contribution is -0.123. The highest BCUT2D eigenvalue weighted by molar-refractivity contribution is 6.32. The molecule has 3 rings (SSSR count). The Morgan fingerprint density at radius 3 is 2.50 bits per heavy atom. The van der Waals surface area contributed by atoms with Gasteiger partial charge in [-0.05, 0) is 44.0 Å². The SMILES string of the molecule is Cc1cccc(C)c1OCC(=O)N/N=C/c1c(C)nn(-c2ccccc2)c1Cl. The number of hydrogen-bond acceptors (Lipinski definition) is 4. The van der Waals surface area contributed by atoms with E-state index in [9.17, 15) is 4.79 Å². The predicted octanol–water partition coefficient (Wildman–Crippen LogP) is 3.98. The fourth-order valence-electron chi connectivity index (χ4n) is 2.76. The van der Waals surface area contributed by atoms with Crippen molar-refractivity contribution in [2.24, 2.45) is 5.10 Å². The van der Waals surface area contributed by atoms with Gasteiger partial charge in [-0.3, -0.25) is 4.79 Å². The van der Waals surface area contributed by atoms with Gasteiger partial charge in [0.25, 0.3) is 5.91 Å². The molecule has 28 heavy (non-hydrogen) atoms. The van der Waals surface area contributed by atoms with Crippen molar-refractivity contribution >= 4 is 23.7 Å². The number of rotatable bonds is 6. The van der Waals surface area contributed by atoms with Crippen LogP contribution in [0.3, 0.4) is 0 Å². The number of benzene rings is 2. The third-order valence-electron chi connectivity index (χ3n) is 4.19. The van der Waals surface area contributed by atoms with Gasteiger partial charge in [-0.2, -0.15) is 10.2 Å². The number of nitrogens with zero attached hydrogens (tertiary/aromatic N) is 3. The van der Waals surface area contributed by atoms with Crippen molar-refractivity contribution in [3.63, 3.8) is 0 Å². The normalized spacial score (nSPS) is 11.0. The van der Waals surface area contributed by atoms with Crippen LogP contribution in [-0.2, 0) is 4.79 Å². The molecule has 0 aliphatic rings. The van der Waals surface area contributed by atoms with Gasteiger partial charge in [-0.25, -0.2) is 10.1 Å². The Morgan fingerprint density at radius 1 is 1.14 bits per heavy atom. The van der Waals surface area contributed by atoms with Crippen LogP contribution in [0, 0.1) is 20.8 Å². The van der Waals surface area contributed by atoms with E-state index >= 15 is 0 Å². The molecule has 1 amide bonds. The Labute approximate surface area is 168 Å². The van der Waals surface area contributed by atoms with Crippen LogP contribution in [0.25, 0.3) is 5.69 Å². The Balaban J connectivity index is 1.63. The lowest BCUT2D eigenvalue weighted by atomic mass is 10.1. The number of halogens is 1. The summed E-state index contributed by atoms with van der Waals surface area (Å²) >= 11 is 6.43. The first-order chi connectivity index (χ1) is 13.5. The highest BCUT2D eigenvalue weighted by Gasteiger charge is 2.13. The van der Waals surface area contributed by atoms with E-state index in [1.807, 2.05) is 69.3 Å². The zero-order chi connectivity index (χ0) is 20.1. The second-order valence-electron chi connectivity index (χ2n) is 6.34. The second-order valence-corrected chi connectivity index (χ2v) is 6.70. The van der Waals surface area contributed by atoms with Gasteiger partial charge in [0.1, 0.15) is 10.9 Å². The van der Waals surface area contributed by atoms with E-state index in [1.165, 1.54) is 6.21 Å². The van der Waals surface area contributed by atoms with Gasteiger partial charge in [-0.1, -0.05) is 48.0 Å². The number of aryl methyl sites for hydroxylation is 3. The molecular formula is C21H21ClN4O2. The van der Waals surface area contributed by atoms with Crippen LogP contribution < -0.4 is 10.2 Å². The number of hydrazone groups is 1. The van der Waals surface area contributed by atoms with Crippen LogP contribution >= 0.6 is 11.6 Å². The summed E-state index contributed by atoms with van der Waals surface area (Å²) in [5.41, 5.74) is 6.61. The van der Waals surface area contributed by atoms with E-state index in [1.54, 1.807) is 4.68 Å². The number of ether oxygens (including phenoxy) is 1. The smallest absolute Gasteiger partial charge is 0.277 e. The molecule has 0 fully saturated rings. The minimum atomic E-state index is -0.358. The molecule has 3 aromatic rings. The maximum Gasteiger partial charge on any atom is 0.277 e. The van der Waals surface area contributed by atoms with Gasteiger partial charge in [0, 0.05) is 0 Å². The van der Waals surface area contributed by atoms with Crippen molar-refractivity contribution in [2.45, 2.75) is 20.8 Å². The minimum Gasteiger partial charge on any atom is -0.483 e. The first-order valence-electron chi connectivity index (χ1n) is 8.79. The maximum atomic E-state index is 12.0. The minimum absolute atomic E-state index is 0.126. The van der Waals surface area contributed by atoms with Crippen LogP contribution in [0.2, 0.25) is 5.15 Å². The summed E-state index contributed by atoms with van der Waals surface area (Å²) in [6, 6.07) is 15.4. The number of para-hydroxylation sites is 2. The monoisotopic (exact) mass is 396 g/mol. The van der Waals surface area contributed by atoms with Gasteiger partial charge in [0.15, 0.2) is 6.61 Å². The van der Waals surface area contributed by atoms with Gasteiger partial charge in [0.2, 0.25) is 0 Å². The van der Waals surface area contributed by atoms with Gasteiger partial charge in [-0.15, -0.1) is 0 Å². The third-order valence-corrected chi connectivity index (χ3v) is 4.55. The molecule has 0 unspecified atom stereocenters. The van der Waals surface area contributed by atoms with Crippen molar-refractivity contribution in [3.05, 3.63) is 76.1 Å². The van der Waals surface area contributed by atoms with Crippen LogP contribution in [-0.4, -0.2) is 28.5 Å². The van der Waals surface area contributed by atoms with Crippen LogP contribution in [0.1, 0.15) is 22.4 Å². The van der Waals surface area contributed by atoms with Crippen molar-refractivity contribution in [1.29, 1.82) is 0 Å². The molecule has 0 aliphatic heterocycles. The molecule has 1 aromatic heterocycles. The fourth-order valence-corrected chi connectivity index (χ4v) is 3.08. The van der Waals surface area contributed by atoms with Gasteiger partial charge < -0.3 is 4.74 Å². The zero-order valence-corrected chi connectivity index (χ0v) is 16.7. The van der Waals surface area contributed by atoms with Gasteiger partial charge in [0.05, 0.1) is 23.2 Å². The summed E-state index contributed by atoms with van der Waals surface area (Å²) in [7, 11) is 0. The first kappa shape index (κ1) is 19.6. The summed E-state index contributed by atoms with van der Waals surface area (Å²) in [6.45, 7) is 5.58. The van der Waals surface area contributed by atoms with E-state index in [0.717, 1.165) is 16.8 Å². The summed E-state index contributed by atoms with van der Waals surface area (Å²) in [5.74, 6) is 0.354. The molecule has 6 nitrogen and oxygen atoms in total. The number of aromatic nitrogens is 2. The third kappa shape index (κ3) is 4.40. The number of amides is 1. The molecule has 7 heteroatoms. The summed E-state index contributed by atoms with van der Waals surface area (Å²) in [5, 5.41) is 8.84. The highest BCUT2D eigenvalue weighted by atomic mass is 35.5. The molecular weight excluding hydrogens is 376 g/mol. The molecule has 1 N–H and O–H groups in total. The zero-order valence-electron chi connectivity index (χ0n) is 15.9. The highest BCUT2D eigenvalue weighted by Crippen LogP contribution is 2.23. The molecule has 0 radical (unpaired) electrons. The van der Waals surface area contributed by atoms with E-state index in [-0.39, 0.29) is 12.5 Å². The molecule has 1 heterocycles. The van der Waals surface area contributed by atoms with Crippen molar-refractivity contribution < 1.29 is 9.53 Å². The first-order valence-corrected chi connectivity index (χ1v) is 9.16. The summed E-state index contributed by atoms with van der Waals surface area (Å²) in [6.07, 6.45) is 1.49. The maximum absolute atomic E-state index is 12.0. The van der Waals surface area contributed by atoms with E-state index in [0.29, 0.717) is 22.2 Å². The number of carbonyl (C=O) groups is 1. The van der Waals surface area contributed by atoms with Gasteiger partial charge >= 0.3 is 0 Å². The predicted molar refractivity (Wildman–Crippen MR) is 110 cm³/mol. The van der Waals surface area contributed by atoms with Crippen molar-refractivity contribution in [1.82, 2.24) is 15.2 Å². The Kier molecular flexibility index (Phi) is 6.11. The standard InChI is InChI=1S/C21H21ClN4O2/c1-14-8-7-9-15(2)20(14)28-13-19(27)24-23-12-18-16(3)25-26(21(18)22)17-10-5-4-6-11-17/h4-12H,13H2,1-3H3,(H,24,27)/b23-12+. The number of hydrogen-bond donors (Lipinski definition) is 1. The topological polar surface area (TPSA) is 68.5 Å². The molecule has 0 atom stereocenters. The Morgan fingerprint density at radius 2 is 1.82 bits per heavy atom. The molecule has 0 spiro atoms. The van der Waals surface area contributed by atoms with Crippen LogP contribution in [0.4, 0.5) is 0 Å². The average Bonchev–Trinajstić information content (AvgIpc) is 2.96. The Hall–Kier alpha value is -3.12. The lowest BCUT2D eigenvalue weighted by Crippen LogP contribution is -2.25. The summed E-state index contributed by atoms with van der Waals surface area (Å²) < 4.78 is 7.24. The van der Waals surface area contributed by atoms with Crippen molar-refractivity contribution in [3.8, 4) is 11.4 Å². The second kappa shape index (κ2) is 8.71. The lowest BCUT2D eigenvalue weighted by Gasteiger charge is -2.10. The van der Waals surface area contributed by atoms with E-state index < -0.39 is 0 Å². The molecule has 0 bridgehead atoms. The van der Waals surface area contributed by atoms with E-state index in [2.05, 4.69) is 15.6 Å². The molecule has 0 saturated heterocycles.